The van der Waals surface area contributed by atoms with Crippen LogP contribution in [0, 0.1) is 5.92 Å². The van der Waals surface area contributed by atoms with E-state index in [0.29, 0.717) is 0 Å². The number of allylic oxidation sites excluding steroid dienone is 2. The molecule has 0 spiro atoms. The molecule has 0 radical (unpaired) electrons. The number of ether oxygens (including phenoxy) is 1. The van der Waals surface area contributed by atoms with Gasteiger partial charge < -0.3 is 4.74 Å². The molecule has 0 unspecified atom stereocenters. The fraction of sp³-hybridized carbons (Fsp3) is 0.533. The van der Waals surface area contributed by atoms with Gasteiger partial charge in [-0.15, -0.1) is 0 Å². The fourth-order valence-electron chi connectivity index (χ4n) is 2.53. The quantitative estimate of drug-likeness (QED) is 0.510. The summed E-state index contributed by atoms with van der Waals surface area (Å²) in [6.45, 7) is 8.22. The summed E-state index contributed by atoms with van der Waals surface area (Å²) >= 11 is 0. The van der Waals surface area contributed by atoms with E-state index in [-0.39, 0.29) is 18.0 Å². The summed E-state index contributed by atoms with van der Waals surface area (Å²) in [4.78, 5) is 11.7. The van der Waals surface area contributed by atoms with Crippen LogP contribution in [0.3, 0.4) is 0 Å². The Kier molecular flexibility index (Phi) is 3.51. The molecular weight excluding hydrogens is 212 g/mol. The molecule has 0 aromatic rings. The topological polar surface area (TPSA) is 26.3 Å². The number of rotatable bonds is 1. The van der Waals surface area contributed by atoms with E-state index < -0.39 is 0 Å². The smallest absolute Gasteiger partial charge is 0.334 e. The van der Waals surface area contributed by atoms with Crippen LogP contribution in [0.15, 0.2) is 35.5 Å². The van der Waals surface area contributed by atoms with E-state index in [1.165, 1.54) is 5.57 Å². The van der Waals surface area contributed by atoms with Crippen LogP contribution < -0.4 is 0 Å². The van der Waals surface area contributed by atoms with Crippen LogP contribution in [0.5, 0.6) is 0 Å². The second-order valence-corrected chi connectivity index (χ2v) is 5.14. The molecule has 0 aromatic carbocycles. The predicted octanol–water partition coefficient (Wildman–Crippen LogP) is 3.55. The fourth-order valence-corrected chi connectivity index (χ4v) is 2.53. The second-order valence-electron chi connectivity index (χ2n) is 5.14. The lowest BCUT2D eigenvalue weighted by Crippen LogP contribution is -2.21. The molecule has 1 heterocycles. The molecule has 2 aliphatic rings. The molecule has 2 nitrogen and oxygen atoms in total. The highest BCUT2D eigenvalue weighted by molar-refractivity contribution is 5.91. The standard InChI is InChI=1S/C15H20O2/c1-10(2)13-8-7-11(3)5-4-6-12-9-14(13)17-15(12)16/h5,9,13-14H,1,4,6-8H2,2-3H3/b11-5+/t13-,14-/m1/s1. The van der Waals surface area contributed by atoms with Crippen LogP contribution in [0.4, 0.5) is 0 Å². The van der Waals surface area contributed by atoms with E-state index in [4.69, 9.17) is 4.74 Å². The minimum atomic E-state index is -0.130. The number of carbonyl (C=O) groups is 1. The van der Waals surface area contributed by atoms with Gasteiger partial charge in [-0.05, 0) is 45.6 Å². The monoisotopic (exact) mass is 232 g/mol. The van der Waals surface area contributed by atoms with Gasteiger partial charge in [-0.25, -0.2) is 4.79 Å². The number of esters is 1. The Balaban J connectivity index is 2.24. The summed E-state index contributed by atoms with van der Waals surface area (Å²) in [6, 6.07) is 0. The Hall–Kier alpha value is -1.31. The maximum atomic E-state index is 11.7. The van der Waals surface area contributed by atoms with Crippen LogP contribution in [-0.2, 0) is 9.53 Å². The zero-order chi connectivity index (χ0) is 12.4. The van der Waals surface area contributed by atoms with Crippen LogP contribution in [0.2, 0.25) is 0 Å². The first-order valence-corrected chi connectivity index (χ1v) is 6.30. The lowest BCUT2D eigenvalue weighted by Gasteiger charge is -2.22. The van der Waals surface area contributed by atoms with Crippen molar-refractivity contribution in [3.8, 4) is 0 Å². The first-order valence-electron chi connectivity index (χ1n) is 6.30. The summed E-state index contributed by atoms with van der Waals surface area (Å²) in [6.07, 6.45) is 7.99. The van der Waals surface area contributed by atoms with Gasteiger partial charge in [-0.1, -0.05) is 23.8 Å². The number of hydrogen-bond acceptors (Lipinski definition) is 2. The maximum Gasteiger partial charge on any atom is 0.334 e. The predicted molar refractivity (Wildman–Crippen MR) is 68.5 cm³/mol. The van der Waals surface area contributed by atoms with Crippen molar-refractivity contribution in [2.75, 3.05) is 0 Å². The van der Waals surface area contributed by atoms with Crippen molar-refractivity contribution in [1.29, 1.82) is 0 Å². The largest absolute Gasteiger partial charge is 0.454 e. The van der Waals surface area contributed by atoms with Gasteiger partial charge >= 0.3 is 5.97 Å². The van der Waals surface area contributed by atoms with E-state index in [2.05, 4.69) is 19.6 Å². The molecule has 2 rings (SSSR count). The minimum absolute atomic E-state index is 0.0825. The van der Waals surface area contributed by atoms with Crippen molar-refractivity contribution in [2.45, 2.75) is 45.6 Å². The number of carbonyl (C=O) groups excluding carboxylic acids is 1. The molecule has 2 bridgehead atoms. The van der Waals surface area contributed by atoms with Crippen LogP contribution in [-0.4, -0.2) is 12.1 Å². The molecule has 17 heavy (non-hydrogen) atoms. The third-order valence-electron chi connectivity index (χ3n) is 3.66. The van der Waals surface area contributed by atoms with Crippen molar-refractivity contribution in [3.63, 3.8) is 0 Å². The molecule has 1 aliphatic carbocycles. The Morgan fingerprint density at radius 2 is 2.24 bits per heavy atom. The molecule has 0 amide bonds. The van der Waals surface area contributed by atoms with E-state index in [1.807, 2.05) is 13.0 Å². The molecule has 2 heteroatoms. The van der Waals surface area contributed by atoms with Crippen molar-refractivity contribution in [2.24, 2.45) is 5.92 Å². The normalized spacial score (nSPS) is 32.2. The average Bonchev–Trinajstić information content (AvgIpc) is 2.59. The van der Waals surface area contributed by atoms with Crippen molar-refractivity contribution >= 4 is 5.97 Å². The van der Waals surface area contributed by atoms with Gasteiger partial charge in [-0.3, -0.25) is 0 Å². The molecule has 1 aliphatic heterocycles. The third-order valence-corrected chi connectivity index (χ3v) is 3.66. The Bertz CT molecular complexity index is 401. The van der Waals surface area contributed by atoms with Gasteiger partial charge in [0.05, 0.1) is 0 Å². The lowest BCUT2D eigenvalue weighted by atomic mass is 9.87. The lowest BCUT2D eigenvalue weighted by molar-refractivity contribution is -0.141. The molecular formula is C15H20O2. The number of hydrogen-bond donors (Lipinski definition) is 0. The highest BCUT2D eigenvalue weighted by Crippen LogP contribution is 2.32. The van der Waals surface area contributed by atoms with Crippen molar-refractivity contribution in [1.82, 2.24) is 0 Å². The summed E-state index contributed by atoms with van der Waals surface area (Å²) < 4.78 is 5.45. The zero-order valence-electron chi connectivity index (χ0n) is 10.7. The first kappa shape index (κ1) is 12.2. The highest BCUT2D eigenvalue weighted by Gasteiger charge is 2.31. The minimum Gasteiger partial charge on any atom is -0.454 e. The van der Waals surface area contributed by atoms with Gasteiger partial charge in [0, 0.05) is 11.5 Å². The summed E-state index contributed by atoms with van der Waals surface area (Å²) in [5.41, 5.74) is 3.35. The number of fused-ring (bicyclic) bond motifs is 1. The summed E-state index contributed by atoms with van der Waals surface area (Å²) in [7, 11) is 0. The van der Waals surface area contributed by atoms with E-state index >= 15 is 0 Å². The third kappa shape index (κ3) is 2.68. The van der Waals surface area contributed by atoms with Gasteiger partial charge in [0.2, 0.25) is 0 Å². The molecule has 92 valence electrons. The van der Waals surface area contributed by atoms with Crippen LogP contribution in [0.1, 0.15) is 39.5 Å². The molecule has 2 atom stereocenters. The van der Waals surface area contributed by atoms with Crippen LogP contribution >= 0.6 is 0 Å². The molecule has 0 fully saturated rings. The average molecular weight is 232 g/mol. The summed E-state index contributed by atoms with van der Waals surface area (Å²) in [5, 5.41) is 0. The second kappa shape index (κ2) is 4.91. The Labute approximate surface area is 103 Å². The van der Waals surface area contributed by atoms with E-state index in [1.54, 1.807) is 0 Å². The molecule has 0 aromatic heterocycles. The zero-order valence-corrected chi connectivity index (χ0v) is 10.7. The molecule has 0 N–H and O–H groups in total. The highest BCUT2D eigenvalue weighted by atomic mass is 16.5. The molecule has 0 saturated carbocycles. The summed E-state index contributed by atoms with van der Waals surface area (Å²) in [5.74, 6) is 0.132. The van der Waals surface area contributed by atoms with Gasteiger partial charge in [0.1, 0.15) is 6.10 Å². The van der Waals surface area contributed by atoms with Crippen molar-refractivity contribution < 1.29 is 9.53 Å². The van der Waals surface area contributed by atoms with Gasteiger partial charge in [0.15, 0.2) is 0 Å². The van der Waals surface area contributed by atoms with E-state index in [0.717, 1.165) is 36.8 Å². The van der Waals surface area contributed by atoms with Gasteiger partial charge in [0.25, 0.3) is 0 Å². The molecule has 0 saturated heterocycles. The van der Waals surface area contributed by atoms with E-state index in [9.17, 15) is 4.79 Å². The maximum absolute atomic E-state index is 11.7. The van der Waals surface area contributed by atoms with Crippen LogP contribution in [0.25, 0.3) is 0 Å². The first-order chi connectivity index (χ1) is 8.08. The Morgan fingerprint density at radius 1 is 1.47 bits per heavy atom. The SMILES string of the molecule is C=C(C)[C@H]1CC/C(C)=C/CCC2=C[C@H]1OC2=O. The van der Waals surface area contributed by atoms with Crippen molar-refractivity contribution in [3.05, 3.63) is 35.5 Å². The van der Waals surface area contributed by atoms with Gasteiger partial charge in [-0.2, -0.15) is 0 Å². The Morgan fingerprint density at radius 3 is 2.94 bits per heavy atom.